The van der Waals surface area contributed by atoms with E-state index in [1.807, 2.05) is 49.4 Å². The zero-order chi connectivity index (χ0) is 19.5. The molecule has 0 saturated heterocycles. The summed E-state index contributed by atoms with van der Waals surface area (Å²) < 4.78 is 4.80. The standard InChI is InChI=1S/C18H15ClN6O2S/c1-10-15(22-17-12-7-3-5-9-14(12)24-25-17)21-16(23-18(10)28-27-26-20)11-6-2-4-8-13(11)19/h2-9H,20H2,1H3,(H2,21,22,23,24,25). The van der Waals surface area contributed by atoms with Gasteiger partial charge in [-0.2, -0.15) is 11.0 Å². The number of rotatable bonds is 6. The maximum atomic E-state index is 6.33. The molecule has 10 heteroatoms. The molecule has 8 nitrogen and oxygen atoms in total. The second kappa shape index (κ2) is 8.13. The van der Waals surface area contributed by atoms with Gasteiger partial charge in [-0.15, -0.1) is 9.32 Å². The smallest absolute Gasteiger partial charge is 0.164 e. The Morgan fingerprint density at radius 2 is 1.86 bits per heavy atom. The molecule has 0 fully saturated rings. The van der Waals surface area contributed by atoms with Crippen LogP contribution in [0, 0.1) is 6.92 Å². The van der Waals surface area contributed by atoms with Crippen LogP contribution in [-0.4, -0.2) is 20.2 Å². The van der Waals surface area contributed by atoms with Gasteiger partial charge in [0.1, 0.15) is 10.8 Å². The van der Waals surface area contributed by atoms with Gasteiger partial charge in [0.15, 0.2) is 11.6 Å². The summed E-state index contributed by atoms with van der Waals surface area (Å²) in [5, 5.41) is 12.6. The number of hydrogen-bond donors (Lipinski definition) is 3. The Morgan fingerprint density at radius 1 is 1.07 bits per heavy atom. The summed E-state index contributed by atoms with van der Waals surface area (Å²) in [5.41, 5.74) is 2.34. The minimum atomic E-state index is 0.432. The number of nitrogens with one attached hydrogen (secondary N) is 2. The lowest BCUT2D eigenvalue weighted by molar-refractivity contribution is -0.195. The van der Waals surface area contributed by atoms with Crippen molar-refractivity contribution in [2.45, 2.75) is 11.9 Å². The zero-order valence-corrected chi connectivity index (χ0v) is 16.2. The van der Waals surface area contributed by atoms with Crippen LogP contribution in [0.3, 0.4) is 0 Å². The van der Waals surface area contributed by atoms with Gasteiger partial charge in [0, 0.05) is 16.5 Å². The second-order valence-electron chi connectivity index (χ2n) is 5.80. The topological polar surface area (TPSA) is 111 Å². The van der Waals surface area contributed by atoms with E-state index >= 15 is 0 Å². The van der Waals surface area contributed by atoms with E-state index in [0.29, 0.717) is 33.1 Å². The van der Waals surface area contributed by atoms with E-state index in [4.69, 9.17) is 21.8 Å². The fourth-order valence-corrected chi connectivity index (χ4v) is 3.35. The molecule has 142 valence electrons. The quantitative estimate of drug-likeness (QED) is 0.182. The molecule has 28 heavy (non-hydrogen) atoms. The van der Waals surface area contributed by atoms with E-state index in [2.05, 4.69) is 30.5 Å². The fourth-order valence-electron chi connectivity index (χ4n) is 2.68. The average Bonchev–Trinajstić information content (AvgIpc) is 3.12. The Morgan fingerprint density at radius 3 is 2.68 bits per heavy atom. The minimum Gasteiger partial charge on any atom is -0.323 e. The summed E-state index contributed by atoms with van der Waals surface area (Å²) in [7, 11) is 0. The molecule has 4 aromatic rings. The van der Waals surface area contributed by atoms with Crippen LogP contribution in [0.2, 0.25) is 5.02 Å². The minimum absolute atomic E-state index is 0.432. The lowest BCUT2D eigenvalue weighted by Gasteiger charge is -2.13. The maximum Gasteiger partial charge on any atom is 0.164 e. The normalized spacial score (nSPS) is 11.1. The number of H-pyrrole nitrogens is 1. The van der Waals surface area contributed by atoms with Gasteiger partial charge in [-0.3, -0.25) is 5.10 Å². The number of aromatic nitrogens is 4. The highest BCUT2D eigenvalue weighted by Crippen LogP contribution is 2.33. The summed E-state index contributed by atoms with van der Waals surface area (Å²) >= 11 is 7.21. The van der Waals surface area contributed by atoms with Crippen LogP contribution in [0.25, 0.3) is 22.3 Å². The Kier molecular flexibility index (Phi) is 5.42. The molecule has 4 N–H and O–H groups in total. The number of benzene rings is 2. The van der Waals surface area contributed by atoms with E-state index in [9.17, 15) is 0 Å². The Hall–Kier alpha value is -2.69. The van der Waals surface area contributed by atoms with Crippen molar-refractivity contribution in [3.05, 3.63) is 59.1 Å². The van der Waals surface area contributed by atoms with Crippen molar-refractivity contribution in [2.75, 3.05) is 5.32 Å². The van der Waals surface area contributed by atoms with Gasteiger partial charge in [0.25, 0.3) is 0 Å². The Balaban J connectivity index is 1.81. The zero-order valence-electron chi connectivity index (χ0n) is 14.6. The number of nitrogens with zero attached hydrogens (tertiary/aromatic N) is 3. The largest absolute Gasteiger partial charge is 0.323 e. The van der Waals surface area contributed by atoms with Gasteiger partial charge < -0.3 is 5.32 Å². The molecule has 0 aliphatic rings. The molecule has 0 aliphatic carbocycles. The van der Waals surface area contributed by atoms with Crippen molar-refractivity contribution in [1.29, 1.82) is 0 Å². The number of halogens is 1. The first-order valence-corrected chi connectivity index (χ1v) is 9.33. The first-order valence-electron chi connectivity index (χ1n) is 8.21. The molecule has 0 bridgehead atoms. The molecule has 0 radical (unpaired) electrons. The average molecular weight is 415 g/mol. The predicted octanol–water partition coefficient (Wildman–Crippen LogP) is 4.55. The van der Waals surface area contributed by atoms with Gasteiger partial charge >= 0.3 is 0 Å². The molecular weight excluding hydrogens is 400 g/mol. The van der Waals surface area contributed by atoms with Crippen LogP contribution >= 0.6 is 23.6 Å². The van der Waals surface area contributed by atoms with Crippen LogP contribution in [0.4, 0.5) is 11.6 Å². The van der Waals surface area contributed by atoms with Gasteiger partial charge in [-0.25, -0.2) is 9.97 Å². The van der Waals surface area contributed by atoms with Crippen LogP contribution in [0.15, 0.2) is 53.6 Å². The molecule has 2 aromatic heterocycles. The highest BCUT2D eigenvalue weighted by molar-refractivity contribution is 7.94. The van der Waals surface area contributed by atoms with E-state index in [0.717, 1.165) is 28.5 Å². The number of fused-ring (bicyclic) bond motifs is 1. The molecular formula is C18H15ClN6O2S. The van der Waals surface area contributed by atoms with Crippen LogP contribution in [-0.2, 0) is 9.32 Å². The molecule has 0 aliphatic heterocycles. The van der Waals surface area contributed by atoms with Crippen molar-refractivity contribution in [3.63, 3.8) is 0 Å². The fraction of sp³-hybridized carbons (Fsp3) is 0.0556. The number of anilines is 2. The number of nitrogens with two attached hydrogens (primary N) is 1. The summed E-state index contributed by atoms with van der Waals surface area (Å²) in [5.74, 6) is 6.61. The molecule has 2 heterocycles. The summed E-state index contributed by atoms with van der Waals surface area (Å²) in [6, 6.07) is 15.1. The molecule has 0 atom stereocenters. The SMILES string of the molecule is Cc1c(Nc2n[nH]c3ccccc23)nc(-c2ccccc2Cl)nc1SOON. The van der Waals surface area contributed by atoms with Crippen LogP contribution < -0.4 is 11.2 Å². The van der Waals surface area contributed by atoms with Crippen molar-refractivity contribution in [3.8, 4) is 11.4 Å². The molecule has 4 rings (SSSR count). The number of para-hydroxylation sites is 1. The molecule has 0 saturated carbocycles. The van der Waals surface area contributed by atoms with Crippen LogP contribution in [0.5, 0.6) is 0 Å². The number of hydrogen-bond acceptors (Lipinski definition) is 8. The van der Waals surface area contributed by atoms with E-state index in [-0.39, 0.29) is 0 Å². The van der Waals surface area contributed by atoms with E-state index < -0.39 is 0 Å². The third-order valence-electron chi connectivity index (χ3n) is 4.08. The molecule has 2 aromatic carbocycles. The predicted molar refractivity (Wildman–Crippen MR) is 109 cm³/mol. The lowest BCUT2D eigenvalue weighted by Crippen LogP contribution is -2.04. The molecule has 0 amide bonds. The first-order chi connectivity index (χ1) is 13.7. The first kappa shape index (κ1) is 18.7. The second-order valence-corrected chi connectivity index (χ2v) is 6.89. The highest BCUT2D eigenvalue weighted by atomic mass is 35.5. The van der Waals surface area contributed by atoms with Gasteiger partial charge in [-0.1, -0.05) is 35.9 Å². The lowest BCUT2D eigenvalue weighted by atomic mass is 10.2. The summed E-state index contributed by atoms with van der Waals surface area (Å²) in [4.78, 5) is 13.4. The Bertz CT molecular complexity index is 1140. The van der Waals surface area contributed by atoms with Crippen LogP contribution in [0.1, 0.15) is 5.56 Å². The summed E-state index contributed by atoms with van der Waals surface area (Å²) in [6.07, 6.45) is 0. The van der Waals surface area contributed by atoms with Gasteiger partial charge in [0.2, 0.25) is 0 Å². The third-order valence-corrected chi connectivity index (χ3v) is 5.11. The molecule has 0 spiro atoms. The third kappa shape index (κ3) is 3.66. The van der Waals surface area contributed by atoms with Crippen molar-refractivity contribution in [1.82, 2.24) is 20.2 Å². The number of aromatic amines is 1. The maximum absolute atomic E-state index is 6.33. The van der Waals surface area contributed by atoms with Gasteiger partial charge in [-0.05, 0) is 31.2 Å². The van der Waals surface area contributed by atoms with Crippen molar-refractivity contribution < 1.29 is 9.32 Å². The van der Waals surface area contributed by atoms with E-state index in [1.54, 1.807) is 6.07 Å². The van der Waals surface area contributed by atoms with Crippen molar-refractivity contribution >= 4 is 46.2 Å². The van der Waals surface area contributed by atoms with Gasteiger partial charge in [0.05, 0.1) is 22.6 Å². The summed E-state index contributed by atoms with van der Waals surface area (Å²) in [6.45, 7) is 1.86. The molecule has 0 unspecified atom stereocenters. The van der Waals surface area contributed by atoms with Crippen molar-refractivity contribution in [2.24, 2.45) is 5.90 Å². The monoisotopic (exact) mass is 414 g/mol. The Labute approximate surface area is 169 Å². The van der Waals surface area contributed by atoms with E-state index in [1.165, 1.54) is 0 Å². The highest BCUT2D eigenvalue weighted by Gasteiger charge is 2.17.